The summed E-state index contributed by atoms with van der Waals surface area (Å²) in [6.45, 7) is 0.719. The highest BCUT2D eigenvalue weighted by atomic mass is 19.1. The number of carbonyl (C=O) groups excluding carboxylic acids is 1. The molecule has 1 aliphatic rings. The summed E-state index contributed by atoms with van der Waals surface area (Å²) in [5.74, 6) is -1.42. The molecule has 2 aromatic heterocycles. The zero-order chi connectivity index (χ0) is 17.6. The first kappa shape index (κ1) is 15.6. The lowest BCUT2D eigenvalue weighted by Crippen LogP contribution is -2.23. The molecule has 0 aliphatic carbocycles. The molecule has 1 amide bonds. The molecule has 3 aromatic rings. The summed E-state index contributed by atoms with van der Waals surface area (Å²) in [5.41, 5.74) is 7.48. The fraction of sp³-hybridized carbons (Fsp3) is 0.222. The topological polar surface area (TPSA) is 63.6 Å². The van der Waals surface area contributed by atoms with Crippen LogP contribution in [0.25, 0.3) is 5.52 Å². The number of carbonyl (C=O) groups is 1. The molecule has 4 rings (SSSR count). The summed E-state index contributed by atoms with van der Waals surface area (Å²) in [5, 5.41) is 4.10. The van der Waals surface area contributed by atoms with E-state index in [1.54, 1.807) is 10.7 Å². The van der Waals surface area contributed by atoms with Crippen molar-refractivity contribution in [2.24, 2.45) is 5.73 Å². The van der Waals surface area contributed by atoms with Gasteiger partial charge in [-0.15, -0.1) is 0 Å². The second-order valence-electron chi connectivity index (χ2n) is 6.15. The number of halogens is 2. The maximum absolute atomic E-state index is 14.2. The fourth-order valence-electron chi connectivity index (χ4n) is 3.51. The third-order valence-corrected chi connectivity index (χ3v) is 4.67. The second-order valence-corrected chi connectivity index (χ2v) is 6.15. The van der Waals surface area contributed by atoms with Crippen LogP contribution in [0.5, 0.6) is 0 Å². The Bertz CT molecular complexity index is 969. The standard InChI is InChI=1S/C18H16F2N4O/c19-11-3-4-15(20)13(8-11)16-2-1-6-23(16)12-5-7-24-17(9-12)14(10-22-24)18(21)25/h3-5,7-10,16H,1-2,6H2,(H2,21,25)/t16-/m1/s1. The largest absolute Gasteiger partial charge is 0.365 e. The van der Waals surface area contributed by atoms with Gasteiger partial charge in [-0.2, -0.15) is 5.10 Å². The molecule has 25 heavy (non-hydrogen) atoms. The van der Waals surface area contributed by atoms with Crippen LogP contribution < -0.4 is 10.6 Å². The summed E-state index contributed by atoms with van der Waals surface area (Å²) in [4.78, 5) is 13.6. The Labute approximate surface area is 142 Å². The van der Waals surface area contributed by atoms with E-state index in [1.165, 1.54) is 12.3 Å². The third kappa shape index (κ3) is 2.61. The van der Waals surface area contributed by atoms with E-state index in [0.717, 1.165) is 37.2 Å². The van der Waals surface area contributed by atoms with E-state index in [1.807, 2.05) is 17.0 Å². The normalized spacial score (nSPS) is 17.4. The van der Waals surface area contributed by atoms with Crippen molar-refractivity contribution >= 4 is 17.1 Å². The zero-order valence-electron chi connectivity index (χ0n) is 13.3. The number of pyridine rings is 1. The highest BCUT2D eigenvalue weighted by Crippen LogP contribution is 2.37. The molecule has 0 saturated carbocycles. The molecule has 1 saturated heterocycles. The van der Waals surface area contributed by atoms with Gasteiger partial charge in [-0.1, -0.05) is 0 Å². The second kappa shape index (κ2) is 5.84. The van der Waals surface area contributed by atoms with Crippen LogP contribution in [0, 0.1) is 11.6 Å². The van der Waals surface area contributed by atoms with Gasteiger partial charge < -0.3 is 10.6 Å². The molecule has 1 atom stereocenters. The van der Waals surface area contributed by atoms with Crippen molar-refractivity contribution < 1.29 is 13.6 Å². The summed E-state index contributed by atoms with van der Waals surface area (Å²) in [6, 6.07) is 6.94. The lowest BCUT2D eigenvalue weighted by atomic mass is 10.0. The summed E-state index contributed by atoms with van der Waals surface area (Å²) >= 11 is 0. The van der Waals surface area contributed by atoms with Gasteiger partial charge in [0.25, 0.3) is 5.91 Å². The minimum atomic E-state index is -0.554. The number of nitrogens with zero attached hydrogens (tertiary/aromatic N) is 3. The molecule has 128 valence electrons. The predicted molar refractivity (Wildman–Crippen MR) is 89.4 cm³/mol. The summed E-state index contributed by atoms with van der Waals surface area (Å²) in [6.07, 6.45) is 4.75. The average molecular weight is 342 g/mol. The third-order valence-electron chi connectivity index (χ3n) is 4.67. The molecule has 0 spiro atoms. The number of fused-ring (bicyclic) bond motifs is 1. The van der Waals surface area contributed by atoms with Crippen LogP contribution in [0.15, 0.2) is 42.7 Å². The van der Waals surface area contributed by atoms with E-state index in [0.29, 0.717) is 16.6 Å². The molecular formula is C18H16F2N4O. The number of rotatable bonds is 3. The van der Waals surface area contributed by atoms with E-state index >= 15 is 0 Å². The number of hydrogen-bond donors (Lipinski definition) is 1. The Kier molecular flexibility index (Phi) is 3.63. The number of benzene rings is 1. The van der Waals surface area contributed by atoms with Gasteiger partial charge >= 0.3 is 0 Å². The van der Waals surface area contributed by atoms with Crippen LogP contribution in [-0.4, -0.2) is 22.1 Å². The van der Waals surface area contributed by atoms with E-state index in [4.69, 9.17) is 5.73 Å². The first-order valence-corrected chi connectivity index (χ1v) is 8.03. The lowest BCUT2D eigenvalue weighted by Gasteiger charge is -2.27. The molecule has 1 fully saturated rings. The van der Waals surface area contributed by atoms with Gasteiger partial charge in [-0.25, -0.2) is 13.3 Å². The molecule has 0 radical (unpaired) electrons. The van der Waals surface area contributed by atoms with E-state index < -0.39 is 17.5 Å². The van der Waals surface area contributed by atoms with Crippen molar-refractivity contribution in [1.82, 2.24) is 9.61 Å². The van der Waals surface area contributed by atoms with E-state index in [-0.39, 0.29) is 6.04 Å². The average Bonchev–Trinajstić information content (AvgIpc) is 3.22. The predicted octanol–water partition coefficient (Wildman–Crippen LogP) is 3.05. The minimum absolute atomic E-state index is 0.252. The van der Waals surface area contributed by atoms with Crippen LogP contribution in [0.1, 0.15) is 34.8 Å². The van der Waals surface area contributed by atoms with Gasteiger partial charge in [0.15, 0.2) is 0 Å². The zero-order valence-corrected chi connectivity index (χ0v) is 13.3. The molecule has 0 bridgehead atoms. The SMILES string of the molecule is NC(=O)c1cnn2ccc(N3CCC[C@@H]3c3cc(F)ccc3F)cc12. The molecule has 2 N–H and O–H groups in total. The van der Waals surface area contributed by atoms with Gasteiger partial charge in [0, 0.05) is 24.0 Å². The first-order chi connectivity index (χ1) is 12.0. The number of primary amides is 1. The van der Waals surface area contributed by atoms with Gasteiger partial charge in [0.2, 0.25) is 0 Å². The Hall–Kier alpha value is -2.96. The molecule has 1 aliphatic heterocycles. The summed E-state index contributed by atoms with van der Waals surface area (Å²) in [7, 11) is 0. The van der Waals surface area contributed by atoms with Crippen molar-refractivity contribution in [2.45, 2.75) is 18.9 Å². The highest BCUT2D eigenvalue weighted by Gasteiger charge is 2.29. The monoisotopic (exact) mass is 342 g/mol. The molecule has 3 heterocycles. The highest BCUT2D eigenvalue weighted by molar-refractivity contribution is 5.99. The minimum Gasteiger partial charge on any atom is -0.365 e. The maximum Gasteiger partial charge on any atom is 0.252 e. The van der Waals surface area contributed by atoms with Crippen molar-refractivity contribution in [3.63, 3.8) is 0 Å². The molecule has 0 unspecified atom stereocenters. The van der Waals surface area contributed by atoms with Crippen LogP contribution >= 0.6 is 0 Å². The Morgan fingerprint density at radius 2 is 2.08 bits per heavy atom. The molecule has 5 nitrogen and oxygen atoms in total. The summed E-state index contributed by atoms with van der Waals surface area (Å²) < 4.78 is 29.4. The quantitative estimate of drug-likeness (QED) is 0.796. The number of nitrogens with two attached hydrogens (primary N) is 1. The molecule has 1 aromatic carbocycles. The van der Waals surface area contributed by atoms with Gasteiger partial charge in [-0.3, -0.25) is 4.79 Å². The maximum atomic E-state index is 14.2. The smallest absolute Gasteiger partial charge is 0.252 e. The van der Waals surface area contributed by atoms with E-state index in [2.05, 4.69) is 5.10 Å². The van der Waals surface area contributed by atoms with E-state index in [9.17, 15) is 13.6 Å². The van der Waals surface area contributed by atoms with Crippen LogP contribution in [0.2, 0.25) is 0 Å². The van der Waals surface area contributed by atoms with Crippen molar-refractivity contribution in [2.75, 3.05) is 11.4 Å². The van der Waals surface area contributed by atoms with Gasteiger partial charge in [0.1, 0.15) is 11.6 Å². The fourth-order valence-corrected chi connectivity index (χ4v) is 3.51. The van der Waals surface area contributed by atoms with Gasteiger partial charge in [-0.05, 0) is 43.2 Å². The lowest BCUT2D eigenvalue weighted by molar-refractivity contribution is 0.100. The van der Waals surface area contributed by atoms with Crippen molar-refractivity contribution in [3.8, 4) is 0 Å². The Morgan fingerprint density at radius 1 is 1.24 bits per heavy atom. The number of aromatic nitrogens is 2. The number of anilines is 1. The van der Waals surface area contributed by atoms with Crippen molar-refractivity contribution in [3.05, 3.63) is 65.5 Å². The number of amides is 1. The first-order valence-electron chi connectivity index (χ1n) is 8.03. The van der Waals surface area contributed by atoms with Crippen LogP contribution in [-0.2, 0) is 0 Å². The van der Waals surface area contributed by atoms with Crippen LogP contribution in [0.3, 0.4) is 0 Å². The molecule has 7 heteroatoms. The Balaban J connectivity index is 1.77. The van der Waals surface area contributed by atoms with Gasteiger partial charge in [0.05, 0.1) is 23.3 Å². The molecular weight excluding hydrogens is 326 g/mol. The Morgan fingerprint density at radius 3 is 2.88 bits per heavy atom. The number of hydrogen-bond acceptors (Lipinski definition) is 3. The van der Waals surface area contributed by atoms with Crippen LogP contribution in [0.4, 0.5) is 14.5 Å². The van der Waals surface area contributed by atoms with Crippen molar-refractivity contribution in [1.29, 1.82) is 0 Å².